The summed E-state index contributed by atoms with van der Waals surface area (Å²) in [6.07, 6.45) is 5.03. The number of benzene rings is 1. The van der Waals surface area contributed by atoms with Gasteiger partial charge >= 0.3 is 0 Å². The van der Waals surface area contributed by atoms with Crippen LogP contribution in [0.5, 0.6) is 0 Å². The van der Waals surface area contributed by atoms with Crippen LogP contribution in [0.3, 0.4) is 0 Å². The van der Waals surface area contributed by atoms with Crippen molar-refractivity contribution in [2.75, 3.05) is 19.6 Å². The molecule has 0 aliphatic carbocycles. The van der Waals surface area contributed by atoms with Crippen molar-refractivity contribution in [2.45, 2.75) is 38.0 Å². The van der Waals surface area contributed by atoms with Gasteiger partial charge in [-0.2, -0.15) is 0 Å². The molecule has 3 fully saturated rings. The number of fused-ring (bicyclic) bond motifs is 4. The largest absolute Gasteiger partial charge is 0.341 e. The Morgan fingerprint density at radius 2 is 2.07 bits per heavy atom. The van der Waals surface area contributed by atoms with E-state index in [1.165, 1.54) is 18.9 Å². The fraction of sp³-hybridized carbons (Fsp3) is 0.391. The monoisotopic (exact) mass is 378 g/mol. The molecule has 4 aliphatic heterocycles. The molecule has 1 aromatic rings. The fourth-order valence-electron chi connectivity index (χ4n) is 5.39. The molecule has 0 amide bonds. The summed E-state index contributed by atoms with van der Waals surface area (Å²) in [7, 11) is 0. The maximum atomic E-state index is 14.2. The molecule has 2 N–H and O–H groups in total. The van der Waals surface area contributed by atoms with Gasteiger partial charge in [-0.1, -0.05) is 31.4 Å². The zero-order valence-corrected chi connectivity index (χ0v) is 16.4. The minimum atomic E-state index is -0.527. The third kappa shape index (κ3) is 2.36. The lowest BCUT2D eigenvalue weighted by molar-refractivity contribution is 0.00436. The van der Waals surface area contributed by atoms with E-state index < -0.39 is 5.79 Å². The highest BCUT2D eigenvalue weighted by molar-refractivity contribution is 5.56. The molecule has 0 bridgehead atoms. The summed E-state index contributed by atoms with van der Waals surface area (Å²) in [5.74, 6) is -0.704. The molecule has 4 nitrogen and oxygen atoms in total. The summed E-state index contributed by atoms with van der Waals surface area (Å²) in [6.45, 7) is 13.5. The van der Waals surface area contributed by atoms with E-state index in [9.17, 15) is 4.39 Å². The molecule has 0 spiro atoms. The predicted octanol–water partition coefficient (Wildman–Crippen LogP) is 3.32. The predicted molar refractivity (Wildman–Crippen MR) is 109 cm³/mol. The van der Waals surface area contributed by atoms with E-state index >= 15 is 0 Å². The van der Waals surface area contributed by atoms with Crippen molar-refractivity contribution in [3.05, 3.63) is 83.1 Å². The van der Waals surface area contributed by atoms with E-state index in [2.05, 4.69) is 41.0 Å². The summed E-state index contributed by atoms with van der Waals surface area (Å²) >= 11 is 0. The van der Waals surface area contributed by atoms with Crippen LogP contribution in [0.15, 0.2) is 71.7 Å². The highest BCUT2D eigenvalue weighted by atomic mass is 19.1. The maximum absolute atomic E-state index is 14.2. The number of piperazine rings is 1. The second-order valence-electron chi connectivity index (χ2n) is 8.43. The van der Waals surface area contributed by atoms with Crippen molar-refractivity contribution in [2.24, 2.45) is 5.73 Å². The van der Waals surface area contributed by atoms with Gasteiger partial charge in [0.1, 0.15) is 5.82 Å². The number of hydrogen-bond acceptors (Lipinski definition) is 4. The summed E-state index contributed by atoms with van der Waals surface area (Å²) in [4.78, 5) is 6.95. The maximum Gasteiger partial charge on any atom is 0.165 e. The second kappa shape index (κ2) is 6.06. The second-order valence-corrected chi connectivity index (χ2v) is 8.43. The van der Waals surface area contributed by atoms with Gasteiger partial charge in [0.25, 0.3) is 0 Å². The lowest BCUT2D eigenvalue weighted by Gasteiger charge is -2.52. The van der Waals surface area contributed by atoms with E-state index in [1.54, 1.807) is 6.07 Å². The first-order valence-electron chi connectivity index (χ1n) is 10.0. The Morgan fingerprint density at radius 3 is 2.86 bits per heavy atom. The first-order chi connectivity index (χ1) is 13.4. The van der Waals surface area contributed by atoms with E-state index in [-0.39, 0.29) is 5.82 Å². The molecular formula is C23H27FN4. The number of halogens is 1. The lowest BCUT2D eigenvalue weighted by atomic mass is 9.89. The molecule has 28 heavy (non-hydrogen) atoms. The van der Waals surface area contributed by atoms with Gasteiger partial charge in [0.15, 0.2) is 5.79 Å². The van der Waals surface area contributed by atoms with Crippen molar-refractivity contribution in [3.8, 4) is 0 Å². The minimum absolute atomic E-state index is 0.177. The Labute approximate surface area is 166 Å². The van der Waals surface area contributed by atoms with Gasteiger partial charge in [0.05, 0.1) is 17.9 Å². The Balaban J connectivity index is 1.52. The van der Waals surface area contributed by atoms with Crippen LogP contribution >= 0.6 is 0 Å². The number of nitrogens with zero attached hydrogens (tertiary/aromatic N) is 3. The van der Waals surface area contributed by atoms with Crippen LogP contribution in [-0.4, -0.2) is 46.2 Å². The average Bonchev–Trinajstić information content (AvgIpc) is 3.23. The smallest absolute Gasteiger partial charge is 0.165 e. The first kappa shape index (κ1) is 17.7. The lowest BCUT2D eigenvalue weighted by Crippen LogP contribution is -2.68. The summed E-state index contributed by atoms with van der Waals surface area (Å²) in [5.41, 5.74) is 12.8. The SMILES string of the molecule is C=C1C(Cc2ccccc2F)=CN2CC3(N)N(CC4CCCN43)C(=C)C2=C1C. The average molecular weight is 378 g/mol. The quantitative estimate of drug-likeness (QED) is 0.856. The van der Waals surface area contributed by atoms with E-state index in [0.717, 1.165) is 41.2 Å². The highest BCUT2D eigenvalue weighted by Crippen LogP contribution is 2.46. The van der Waals surface area contributed by atoms with Crippen LogP contribution in [0.4, 0.5) is 4.39 Å². The Bertz CT molecular complexity index is 946. The van der Waals surface area contributed by atoms with Crippen LogP contribution in [0.2, 0.25) is 0 Å². The summed E-state index contributed by atoms with van der Waals surface area (Å²) in [6, 6.07) is 7.46. The molecule has 4 aliphatic rings. The summed E-state index contributed by atoms with van der Waals surface area (Å²) in [5, 5.41) is 0. The molecule has 0 saturated carbocycles. The van der Waals surface area contributed by atoms with E-state index in [1.807, 2.05) is 12.1 Å². The van der Waals surface area contributed by atoms with E-state index in [4.69, 9.17) is 5.73 Å². The van der Waals surface area contributed by atoms with Crippen LogP contribution in [-0.2, 0) is 6.42 Å². The van der Waals surface area contributed by atoms with Gasteiger partial charge in [-0.15, -0.1) is 0 Å². The molecular weight excluding hydrogens is 351 g/mol. The Hall–Kier alpha value is -2.37. The first-order valence-corrected chi connectivity index (χ1v) is 10.0. The third-order valence-electron chi connectivity index (χ3n) is 6.87. The molecule has 2 unspecified atom stereocenters. The van der Waals surface area contributed by atoms with Crippen LogP contribution in [0.25, 0.3) is 0 Å². The topological polar surface area (TPSA) is 35.7 Å². The molecule has 2 atom stereocenters. The van der Waals surface area contributed by atoms with Crippen LogP contribution < -0.4 is 5.73 Å². The number of rotatable bonds is 2. The molecule has 146 valence electrons. The van der Waals surface area contributed by atoms with Gasteiger partial charge in [-0.05, 0) is 48.1 Å². The van der Waals surface area contributed by atoms with Gasteiger partial charge in [-0.25, -0.2) is 4.39 Å². The van der Waals surface area contributed by atoms with Crippen molar-refractivity contribution < 1.29 is 4.39 Å². The number of allylic oxidation sites excluding steroid dienone is 3. The molecule has 4 heterocycles. The van der Waals surface area contributed by atoms with Gasteiger partial charge in [-0.3, -0.25) is 10.6 Å². The van der Waals surface area contributed by atoms with Gasteiger partial charge < -0.3 is 9.80 Å². The molecule has 0 aromatic heterocycles. The summed E-state index contributed by atoms with van der Waals surface area (Å²) < 4.78 is 14.2. The molecule has 5 rings (SSSR count). The van der Waals surface area contributed by atoms with Gasteiger partial charge in [0, 0.05) is 31.8 Å². The van der Waals surface area contributed by atoms with Crippen molar-refractivity contribution in [1.29, 1.82) is 0 Å². The van der Waals surface area contributed by atoms with Crippen molar-refractivity contribution >= 4 is 0 Å². The Morgan fingerprint density at radius 1 is 1.29 bits per heavy atom. The Kier molecular flexibility index (Phi) is 3.83. The molecule has 0 radical (unpaired) electrons. The third-order valence-corrected chi connectivity index (χ3v) is 6.87. The van der Waals surface area contributed by atoms with Gasteiger partial charge in [0.2, 0.25) is 0 Å². The normalized spacial score (nSPS) is 29.8. The molecule has 3 saturated heterocycles. The highest BCUT2D eigenvalue weighted by Gasteiger charge is 2.55. The standard InChI is InChI=1S/C23H27FN4/c1-15-16(2)22-17(3)28-13-20-8-6-10-27(20)23(28,25)14-26(22)12-19(15)11-18-7-4-5-9-21(18)24/h4-5,7,9,12,20H,1,3,6,8,10-11,13-14,25H2,2H3. The van der Waals surface area contributed by atoms with Crippen LogP contribution in [0, 0.1) is 5.82 Å². The molecule has 1 aromatic carbocycles. The van der Waals surface area contributed by atoms with E-state index in [0.29, 0.717) is 24.6 Å². The van der Waals surface area contributed by atoms with Crippen molar-refractivity contribution in [1.82, 2.24) is 14.7 Å². The van der Waals surface area contributed by atoms with Crippen LogP contribution in [0.1, 0.15) is 25.3 Å². The minimum Gasteiger partial charge on any atom is -0.341 e. The fourth-order valence-corrected chi connectivity index (χ4v) is 5.39. The number of hydrogen-bond donors (Lipinski definition) is 1. The zero-order chi connectivity index (χ0) is 19.6. The number of nitrogens with two attached hydrogens (primary N) is 1. The van der Waals surface area contributed by atoms with Crippen molar-refractivity contribution in [3.63, 3.8) is 0 Å². The zero-order valence-electron chi connectivity index (χ0n) is 16.4. The molecule has 5 heteroatoms.